The molecule has 4 atom stereocenters. The van der Waals surface area contributed by atoms with Crippen LogP contribution < -0.4 is 0 Å². The third-order valence-electron chi connectivity index (χ3n) is 7.09. The van der Waals surface area contributed by atoms with Gasteiger partial charge in [-0.25, -0.2) is 14.0 Å². The van der Waals surface area contributed by atoms with Crippen molar-refractivity contribution in [1.29, 1.82) is 0 Å². The molecule has 1 aromatic heterocycles. The highest BCUT2D eigenvalue weighted by Crippen LogP contribution is 2.44. The van der Waals surface area contributed by atoms with Gasteiger partial charge in [-0.3, -0.25) is 14.6 Å². The minimum absolute atomic E-state index is 0.0553. The van der Waals surface area contributed by atoms with Gasteiger partial charge in [-0.1, -0.05) is 30.3 Å². The topological polar surface area (TPSA) is 101 Å². The van der Waals surface area contributed by atoms with E-state index in [9.17, 15) is 18.8 Å². The van der Waals surface area contributed by atoms with Crippen LogP contribution in [0.5, 0.6) is 0 Å². The molecule has 0 bridgehead atoms. The fourth-order valence-corrected chi connectivity index (χ4v) is 5.66. The third kappa shape index (κ3) is 5.41. The number of nitrogens with one attached hydrogen (secondary N) is 1. The summed E-state index contributed by atoms with van der Waals surface area (Å²) in [6.07, 6.45) is -0.151. The van der Waals surface area contributed by atoms with Gasteiger partial charge in [0.1, 0.15) is 24.1 Å². The number of aromatic nitrogens is 1. The lowest BCUT2D eigenvalue weighted by Crippen LogP contribution is -2.46. The lowest BCUT2D eigenvalue weighted by atomic mass is 9.91. The first-order valence-corrected chi connectivity index (χ1v) is 12.9. The molecule has 39 heavy (non-hydrogen) atoms. The van der Waals surface area contributed by atoms with Crippen molar-refractivity contribution in [2.75, 3.05) is 13.1 Å². The predicted molar refractivity (Wildman–Crippen MR) is 140 cm³/mol. The number of nitrogens with zero attached hydrogens (tertiary/aromatic N) is 2. The van der Waals surface area contributed by atoms with Gasteiger partial charge in [0.2, 0.25) is 0 Å². The number of ether oxygens (including phenoxy) is 3. The molecule has 2 aliphatic heterocycles. The number of rotatable bonds is 4. The minimum atomic E-state index is -0.781. The largest absolute Gasteiger partial charge is 0.458 e. The third-order valence-corrected chi connectivity index (χ3v) is 7.09. The summed E-state index contributed by atoms with van der Waals surface area (Å²) in [4.78, 5) is 45.2. The summed E-state index contributed by atoms with van der Waals surface area (Å²) in [7, 11) is 0. The van der Waals surface area contributed by atoms with Crippen LogP contribution in [0.2, 0.25) is 0 Å². The molecule has 206 valence electrons. The number of aromatic amines is 1. The Balaban J connectivity index is 1.53. The number of hydrogen-bond acceptors (Lipinski definition) is 6. The van der Waals surface area contributed by atoms with Crippen LogP contribution in [0.1, 0.15) is 44.7 Å². The average molecular weight is 538 g/mol. The summed E-state index contributed by atoms with van der Waals surface area (Å²) in [5, 5.41) is 0.778. The van der Waals surface area contributed by atoms with Gasteiger partial charge < -0.3 is 19.2 Å². The second-order valence-electron chi connectivity index (χ2n) is 11.0. The van der Waals surface area contributed by atoms with E-state index in [1.165, 1.54) is 19.1 Å². The van der Waals surface area contributed by atoms with Gasteiger partial charge in [-0.05, 0) is 50.1 Å². The first kappa shape index (κ1) is 26.5. The monoisotopic (exact) mass is 537 g/mol. The number of likely N-dealkylation sites (tertiary alicyclic amines) is 2. The molecule has 0 radical (unpaired) electrons. The van der Waals surface area contributed by atoms with Crippen molar-refractivity contribution >= 4 is 29.1 Å². The summed E-state index contributed by atoms with van der Waals surface area (Å²) in [5.74, 6) is -1.28. The minimum Gasteiger partial charge on any atom is -0.458 e. The van der Waals surface area contributed by atoms with E-state index >= 15 is 0 Å². The molecule has 3 heterocycles. The van der Waals surface area contributed by atoms with Crippen LogP contribution >= 0.6 is 0 Å². The lowest BCUT2D eigenvalue weighted by molar-refractivity contribution is -0.147. The van der Waals surface area contributed by atoms with Crippen molar-refractivity contribution < 1.29 is 33.0 Å². The maximum atomic E-state index is 13.9. The summed E-state index contributed by atoms with van der Waals surface area (Å²) in [6, 6.07) is 12.5. The van der Waals surface area contributed by atoms with Crippen molar-refractivity contribution in [3.05, 3.63) is 71.7 Å². The van der Waals surface area contributed by atoms with Crippen LogP contribution in [0.3, 0.4) is 0 Å². The number of esters is 1. The number of carbonyl (C=O) groups is 3. The van der Waals surface area contributed by atoms with Crippen LogP contribution in [0, 0.1) is 5.82 Å². The zero-order valence-corrected chi connectivity index (χ0v) is 22.3. The van der Waals surface area contributed by atoms with Crippen molar-refractivity contribution in [2.45, 2.75) is 64.0 Å². The predicted octanol–water partition coefficient (Wildman–Crippen LogP) is 4.96. The molecule has 5 rings (SSSR count). The quantitative estimate of drug-likeness (QED) is 0.373. The molecule has 2 fully saturated rings. The fraction of sp³-hybridized carbons (Fsp3) is 0.414. The second kappa shape index (κ2) is 10.2. The van der Waals surface area contributed by atoms with Crippen molar-refractivity contribution in [2.24, 2.45) is 0 Å². The van der Waals surface area contributed by atoms with E-state index in [4.69, 9.17) is 14.2 Å². The van der Waals surface area contributed by atoms with Gasteiger partial charge in [0.15, 0.2) is 0 Å². The van der Waals surface area contributed by atoms with Gasteiger partial charge in [-0.15, -0.1) is 0 Å². The SMILES string of the molecule is CC(=O)OC1CN(C(=O)OC(C)(C)C)C2C(c3c[nH]c4cc(F)ccc34)CN(C(=O)OCc3ccccc3)C12. The van der Waals surface area contributed by atoms with Crippen molar-refractivity contribution in [1.82, 2.24) is 14.8 Å². The molecular weight excluding hydrogens is 505 g/mol. The Labute approximate surface area is 225 Å². The molecule has 2 saturated heterocycles. The Bertz CT molecular complexity index is 1380. The molecule has 10 heteroatoms. The van der Waals surface area contributed by atoms with Gasteiger partial charge in [0, 0.05) is 36.5 Å². The fourth-order valence-electron chi connectivity index (χ4n) is 5.66. The molecule has 0 aliphatic carbocycles. The molecule has 2 aliphatic rings. The Hall–Kier alpha value is -4.08. The zero-order chi connectivity index (χ0) is 27.9. The van der Waals surface area contributed by atoms with Crippen LogP contribution in [-0.4, -0.2) is 69.8 Å². The van der Waals surface area contributed by atoms with E-state index < -0.39 is 41.9 Å². The summed E-state index contributed by atoms with van der Waals surface area (Å²) < 4.78 is 31.0. The van der Waals surface area contributed by atoms with Crippen LogP contribution in [0.15, 0.2) is 54.7 Å². The Morgan fingerprint density at radius 1 is 1.00 bits per heavy atom. The summed E-state index contributed by atoms with van der Waals surface area (Å²) in [6.45, 7) is 6.94. The molecule has 9 nitrogen and oxygen atoms in total. The molecule has 1 N–H and O–H groups in total. The highest BCUT2D eigenvalue weighted by Gasteiger charge is 2.59. The molecule has 2 amide bonds. The van der Waals surface area contributed by atoms with Crippen LogP contribution in [0.25, 0.3) is 10.9 Å². The van der Waals surface area contributed by atoms with Gasteiger partial charge >= 0.3 is 18.2 Å². The number of H-pyrrole nitrogens is 1. The molecule has 0 spiro atoms. The normalized spacial score (nSPS) is 22.6. The van der Waals surface area contributed by atoms with Crippen molar-refractivity contribution in [3.8, 4) is 0 Å². The molecule has 3 aromatic rings. The summed E-state index contributed by atoms with van der Waals surface area (Å²) >= 11 is 0. The Morgan fingerprint density at radius 3 is 2.41 bits per heavy atom. The van der Waals surface area contributed by atoms with E-state index in [1.54, 1.807) is 42.8 Å². The second-order valence-corrected chi connectivity index (χ2v) is 11.0. The Kier molecular flexibility index (Phi) is 6.96. The molecule has 4 unspecified atom stereocenters. The zero-order valence-electron chi connectivity index (χ0n) is 22.3. The lowest BCUT2D eigenvalue weighted by Gasteiger charge is -2.30. The van der Waals surface area contributed by atoms with E-state index in [0.717, 1.165) is 16.5 Å². The number of carbonyl (C=O) groups excluding carboxylic acids is 3. The van der Waals surface area contributed by atoms with Gasteiger partial charge in [0.05, 0.1) is 18.6 Å². The van der Waals surface area contributed by atoms with E-state index in [1.807, 2.05) is 30.3 Å². The van der Waals surface area contributed by atoms with E-state index in [2.05, 4.69) is 4.98 Å². The number of halogens is 1. The molecule has 2 aromatic carbocycles. The number of benzene rings is 2. The van der Waals surface area contributed by atoms with E-state index in [-0.39, 0.29) is 31.4 Å². The van der Waals surface area contributed by atoms with Crippen LogP contribution in [-0.2, 0) is 25.6 Å². The highest BCUT2D eigenvalue weighted by molar-refractivity contribution is 5.84. The highest BCUT2D eigenvalue weighted by atomic mass is 19.1. The standard InChI is InChI=1S/C29H32FN3O6/c1-17(34)38-24-15-33(28(36)39-29(2,3)4)25-22(21-13-31-23-12-19(30)10-11-20(21)23)14-32(26(24)25)27(35)37-16-18-8-6-5-7-9-18/h5-13,22,24-26,31H,14-16H2,1-4H3. The maximum Gasteiger partial charge on any atom is 0.410 e. The molecule has 0 saturated carbocycles. The van der Waals surface area contributed by atoms with Gasteiger partial charge in [-0.2, -0.15) is 0 Å². The van der Waals surface area contributed by atoms with Crippen molar-refractivity contribution in [3.63, 3.8) is 0 Å². The smallest absolute Gasteiger partial charge is 0.410 e. The van der Waals surface area contributed by atoms with Gasteiger partial charge in [0.25, 0.3) is 0 Å². The maximum absolute atomic E-state index is 13.9. The van der Waals surface area contributed by atoms with E-state index in [0.29, 0.717) is 5.52 Å². The first-order valence-electron chi connectivity index (χ1n) is 12.9. The first-order chi connectivity index (χ1) is 18.5. The average Bonchev–Trinajstić information content (AvgIpc) is 3.55. The number of amides is 2. The van der Waals surface area contributed by atoms with Crippen LogP contribution in [0.4, 0.5) is 14.0 Å². The Morgan fingerprint density at radius 2 is 1.72 bits per heavy atom. The number of fused-ring (bicyclic) bond motifs is 2. The number of hydrogen-bond donors (Lipinski definition) is 1. The molecular formula is C29H32FN3O6. The summed E-state index contributed by atoms with van der Waals surface area (Å²) in [5.41, 5.74) is 1.49.